The molecule has 0 bridgehead atoms. The van der Waals surface area contributed by atoms with Crippen molar-refractivity contribution in [3.05, 3.63) is 46.6 Å². The summed E-state index contributed by atoms with van der Waals surface area (Å²) in [6, 6.07) is 10.5. The Balaban J connectivity index is 1.43. The molecule has 1 atom stereocenters. The fourth-order valence-corrected chi connectivity index (χ4v) is 3.85. The summed E-state index contributed by atoms with van der Waals surface area (Å²) >= 11 is 6.03. The average Bonchev–Trinajstić information content (AvgIpc) is 2.87. The summed E-state index contributed by atoms with van der Waals surface area (Å²) in [5.74, 6) is 1.71. The molecule has 2 aromatic rings. The Kier molecular flexibility index (Phi) is 3.82. The van der Waals surface area contributed by atoms with E-state index in [1.54, 1.807) is 0 Å². The molecule has 1 aromatic carbocycles. The number of hydrogen-bond donors (Lipinski definition) is 2. The van der Waals surface area contributed by atoms with Gasteiger partial charge in [-0.15, -0.1) is 0 Å². The van der Waals surface area contributed by atoms with Crippen LogP contribution in [0.5, 0.6) is 0 Å². The van der Waals surface area contributed by atoms with Crippen LogP contribution in [0.2, 0.25) is 5.02 Å². The van der Waals surface area contributed by atoms with Gasteiger partial charge in [0.05, 0.1) is 5.69 Å². The lowest BCUT2D eigenvalue weighted by Gasteiger charge is -2.44. The lowest BCUT2D eigenvalue weighted by Crippen LogP contribution is -2.51. The average molecular weight is 331 g/mol. The van der Waals surface area contributed by atoms with Crippen LogP contribution in [0.4, 0.5) is 5.82 Å². The third-order valence-corrected chi connectivity index (χ3v) is 5.49. The zero-order valence-corrected chi connectivity index (χ0v) is 14.2. The first-order valence-corrected chi connectivity index (χ1v) is 8.82. The number of aryl methyl sites for hydroxylation is 1. The van der Waals surface area contributed by atoms with Crippen molar-refractivity contribution in [2.24, 2.45) is 5.92 Å². The molecule has 2 heterocycles. The lowest BCUT2D eigenvalue weighted by atomic mass is 9.71. The van der Waals surface area contributed by atoms with Crippen molar-refractivity contribution in [2.45, 2.75) is 38.3 Å². The Morgan fingerprint density at radius 2 is 2.13 bits per heavy atom. The highest BCUT2D eigenvalue weighted by Crippen LogP contribution is 2.41. The van der Waals surface area contributed by atoms with Crippen molar-refractivity contribution in [2.75, 3.05) is 18.4 Å². The summed E-state index contributed by atoms with van der Waals surface area (Å²) in [6.07, 6.45) is 3.71. The minimum atomic E-state index is 0.144. The fourth-order valence-electron chi connectivity index (χ4n) is 3.73. The molecule has 23 heavy (non-hydrogen) atoms. The van der Waals surface area contributed by atoms with E-state index in [9.17, 15) is 0 Å². The van der Waals surface area contributed by atoms with E-state index < -0.39 is 0 Å². The van der Waals surface area contributed by atoms with Gasteiger partial charge >= 0.3 is 0 Å². The van der Waals surface area contributed by atoms with Crippen molar-refractivity contribution in [3.8, 4) is 0 Å². The second-order valence-electron chi connectivity index (χ2n) is 6.92. The van der Waals surface area contributed by atoms with Gasteiger partial charge in [-0.1, -0.05) is 23.7 Å². The van der Waals surface area contributed by atoms with E-state index in [0.717, 1.165) is 36.2 Å². The summed E-state index contributed by atoms with van der Waals surface area (Å²) in [6.45, 7) is 5.05. The van der Waals surface area contributed by atoms with Crippen LogP contribution in [0.15, 0.2) is 30.3 Å². The van der Waals surface area contributed by atoms with Crippen LogP contribution in [0.1, 0.15) is 30.5 Å². The van der Waals surface area contributed by atoms with E-state index in [1.165, 1.54) is 24.8 Å². The van der Waals surface area contributed by atoms with Crippen molar-refractivity contribution in [3.63, 3.8) is 0 Å². The first-order chi connectivity index (χ1) is 11.1. The van der Waals surface area contributed by atoms with Gasteiger partial charge in [-0.25, -0.2) is 4.68 Å². The lowest BCUT2D eigenvalue weighted by molar-refractivity contribution is 0.172. The van der Waals surface area contributed by atoms with Crippen LogP contribution < -0.4 is 10.6 Å². The first kappa shape index (κ1) is 15.0. The summed E-state index contributed by atoms with van der Waals surface area (Å²) in [7, 11) is 0. The molecule has 1 aliphatic heterocycles. The largest absolute Gasteiger partial charge is 0.370 e. The summed E-state index contributed by atoms with van der Waals surface area (Å²) in [5.41, 5.74) is 2.59. The first-order valence-electron chi connectivity index (χ1n) is 8.44. The van der Waals surface area contributed by atoms with Gasteiger partial charge in [-0.05, 0) is 43.9 Å². The monoisotopic (exact) mass is 330 g/mol. The molecule has 122 valence electrons. The van der Waals surface area contributed by atoms with Crippen molar-refractivity contribution in [1.29, 1.82) is 0 Å². The highest BCUT2D eigenvalue weighted by atomic mass is 35.5. The number of nitrogens with one attached hydrogen (secondary N) is 2. The Labute approximate surface area is 142 Å². The summed E-state index contributed by atoms with van der Waals surface area (Å²) < 4.78 is 2.10. The van der Waals surface area contributed by atoms with E-state index in [1.807, 2.05) is 19.1 Å². The number of rotatable bonds is 4. The van der Waals surface area contributed by atoms with Crippen LogP contribution in [-0.4, -0.2) is 22.9 Å². The molecule has 0 unspecified atom stereocenters. The zero-order valence-electron chi connectivity index (χ0n) is 13.5. The Morgan fingerprint density at radius 3 is 2.83 bits per heavy atom. The SMILES string of the molecule is Cc1cc2n(n1)C[C@@H](CNC1(c3ccc(Cl)cc3)CCC1)CN2. The number of benzene rings is 1. The molecule has 0 amide bonds. The molecule has 0 radical (unpaired) electrons. The molecule has 1 aromatic heterocycles. The van der Waals surface area contributed by atoms with Gasteiger partial charge in [0, 0.05) is 42.2 Å². The van der Waals surface area contributed by atoms with E-state index in [0.29, 0.717) is 5.92 Å². The number of aromatic nitrogens is 2. The topological polar surface area (TPSA) is 41.9 Å². The van der Waals surface area contributed by atoms with Crippen LogP contribution in [0.3, 0.4) is 0 Å². The van der Waals surface area contributed by atoms with Gasteiger partial charge in [-0.2, -0.15) is 5.10 Å². The van der Waals surface area contributed by atoms with Gasteiger partial charge in [-0.3, -0.25) is 0 Å². The number of nitrogens with zero attached hydrogens (tertiary/aromatic N) is 2. The molecule has 4 nitrogen and oxygen atoms in total. The Bertz CT molecular complexity index is 688. The second-order valence-corrected chi connectivity index (χ2v) is 7.36. The van der Waals surface area contributed by atoms with Crippen LogP contribution >= 0.6 is 11.6 Å². The molecule has 5 heteroatoms. The highest BCUT2D eigenvalue weighted by molar-refractivity contribution is 6.30. The van der Waals surface area contributed by atoms with Gasteiger partial charge < -0.3 is 10.6 Å². The summed E-state index contributed by atoms with van der Waals surface area (Å²) in [5, 5.41) is 12.7. The van der Waals surface area contributed by atoms with Gasteiger partial charge in [0.2, 0.25) is 0 Å². The molecule has 1 saturated carbocycles. The number of anilines is 1. The molecule has 2 aliphatic rings. The van der Waals surface area contributed by atoms with Crippen molar-refractivity contribution >= 4 is 17.4 Å². The zero-order chi connectivity index (χ0) is 15.9. The normalized spacial score (nSPS) is 22.1. The van der Waals surface area contributed by atoms with Crippen LogP contribution in [0, 0.1) is 12.8 Å². The molecule has 0 saturated heterocycles. The maximum Gasteiger partial charge on any atom is 0.124 e. The smallest absolute Gasteiger partial charge is 0.124 e. The van der Waals surface area contributed by atoms with E-state index >= 15 is 0 Å². The van der Waals surface area contributed by atoms with Gasteiger partial charge in [0.25, 0.3) is 0 Å². The van der Waals surface area contributed by atoms with E-state index in [2.05, 4.69) is 38.6 Å². The maximum absolute atomic E-state index is 6.03. The number of fused-ring (bicyclic) bond motifs is 1. The highest BCUT2D eigenvalue weighted by Gasteiger charge is 2.38. The predicted octanol–water partition coefficient (Wildman–Crippen LogP) is 3.56. The Morgan fingerprint density at radius 1 is 1.35 bits per heavy atom. The molecule has 4 rings (SSSR count). The van der Waals surface area contributed by atoms with Gasteiger partial charge in [0.1, 0.15) is 5.82 Å². The third kappa shape index (κ3) is 2.86. The minimum Gasteiger partial charge on any atom is -0.370 e. The standard InChI is InChI=1S/C18H23ClN4/c1-13-9-17-20-10-14(12-23(17)22-13)11-21-18(7-2-8-18)15-3-5-16(19)6-4-15/h3-6,9,14,20-21H,2,7-8,10-12H2,1H3/t14-/m1/s1. The quantitative estimate of drug-likeness (QED) is 0.900. The molecule has 1 fully saturated rings. The van der Waals surface area contributed by atoms with E-state index in [-0.39, 0.29) is 5.54 Å². The van der Waals surface area contributed by atoms with Crippen LogP contribution in [-0.2, 0) is 12.1 Å². The predicted molar refractivity (Wildman–Crippen MR) is 93.9 cm³/mol. The Hall–Kier alpha value is -1.52. The van der Waals surface area contributed by atoms with Crippen molar-refractivity contribution in [1.82, 2.24) is 15.1 Å². The summed E-state index contributed by atoms with van der Waals surface area (Å²) in [4.78, 5) is 0. The number of hydrogen-bond acceptors (Lipinski definition) is 3. The van der Waals surface area contributed by atoms with Crippen molar-refractivity contribution < 1.29 is 0 Å². The molecule has 2 N–H and O–H groups in total. The molecular formula is C18H23ClN4. The van der Waals surface area contributed by atoms with E-state index in [4.69, 9.17) is 11.6 Å². The van der Waals surface area contributed by atoms with Crippen LogP contribution in [0.25, 0.3) is 0 Å². The molecular weight excluding hydrogens is 308 g/mol. The van der Waals surface area contributed by atoms with Gasteiger partial charge in [0.15, 0.2) is 0 Å². The maximum atomic E-state index is 6.03. The minimum absolute atomic E-state index is 0.144. The molecule has 0 spiro atoms. The second kappa shape index (κ2) is 5.84. The fraction of sp³-hybridized carbons (Fsp3) is 0.500. The third-order valence-electron chi connectivity index (χ3n) is 5.24. The molecule has 1 aliphatic carbocycles. The number of halogens is 1.